The van der Waals surface area contributed by atoms with Gasteiger partial charge < -0.3 is 0 Å². The van der Waals surface area contributed by atoms with Crippen LogP contribution in [0.5, 0.6) is 0 Å². The predicted octanol–water partition coefficient (Wildman–Crippen LogP) is 7.44. The van der Waals surface area contributed by atoms with Crippen molar-refractivity contribution in [3.8, 4) is 0 Å². The molecule has 4 aromatic rings. The van der Waals surface area contributed by atoms with E-state index >= 15 is 0 Å². The molecule has 0 aliphatic heterocycles. The van der Waals surface area contributed by atoms with E-state index in [0.29, 0.717) is 0 Å². The van der Waals surface area contributed by atoms with E-state index in [1.165, 1.54) is 31.3 Å². The van der Waals surface area contributed by atoms with Gasteiger partial charge in [-0.25, -0.2) is 0 Å². The third kappa shape index (κ3) is 3.52. The number of fused-ring (bicyclic) bond motifs is 2. The van der Waals surface area contributed by atoms with Gasteiger partial charge in [-0.15, -0.1) is 0 Å². The standard InChI is InChI=1S/C20H14S3/c1-3-7-17-13-19(11-9-15(17)5-1)21-23-22-20-12-10-16-6-2-4-8-18(16)14-20/h1-14H. The van der Waals surface area contributed by atoms with E-state index in [1.54, 1.807) is 0 Å². The van der Waals surface area contributed by atoms with Gasteiger partial charge in [-0.3, -0.25) is 0 Å². The molecule has 0 bridgehead atoms. The van der Waals surface area contributed by atoms with Crippen molar-refractivity contribution in [2.75, 3.05) is 0 Å². The van der Waals surface area contributed by atoms with E-state index < -0.39 is 0 Å². The van der Waals surface area contributed by atoms with Crippen LogP contribution in [0.4, 0.5) is 0 Å². The summed E-state index contributed by atoms with van der Waals surface area (Å²) >= 11 is 0. The second-order valence-corrected chi connectivity index (χ2v) is 9.30. The molecule has 0 radical (unpaired) electrons. The number of hydrogen-bond donors (Lipinski definition) is 0. The van der Waals surface area contributed by atoms with E-state index in [-0.39, 0.29) is 0 Å². The highest BCUT2D eigenvalue weighted by Gasteiger charge is 2.01. The molecule has 0 nitrogen and oxygen atoms in total. The fraction of sp³-hybridized carbons (Fsp3) is 0. The Morgan fingerprint density at radius 1 is 0.435 bits per heavy atom. The normalized spacial score (nSPS) is 11.1. The van der Waals surface area contributed by atoms with Crippen molar-refractivity contribution in [1.82, 2.24) is 0 Å². The Kier molecular flexibility index (Phi) is 4.51. The van der Waals surface area contributed by atoms with E-state index in [2.05, 4.69) is 84.9 Å². The van der Waals surface area contributed by atoms with Gasteiger partial charge in [0.05, 0.1) is 0 Å². The minimum atomic E-state index is 1.29. The second kappa shape index (κ2) is 6.91. The molecule has 4 rings (SSSR count). The molecule has 4 aromatic carbocycles. The minimum absolute atomic E-state index is 1.29. The molecule has 0 unspecified atom stereocenters. The van der Waals surface area contributed by atoms with Gasteiger partial charge in [0.15, 0.2) is 0 Å². The first kappa shape index (κ1) is 15.0. The van der Waals surface area contributed by atoms with Crippen LogP contribution >= 0.6 is 31.4 Å². The van der Waals surface area contributed by atoms with Gasteiger partial charge in [0.25, 0.3) is 0 Å². The summed E-state index contributed by atoms with van der Waals surface area (Å²) in [6.45, 7) is 0. The van der Waals surface area contributed by atoms with Crippen LogP contribution < -0.4 is 0 Å². The zero-order chi connectivity index (χ0) is 15.5. The summed E-state index contributed by atoms with van der Waals surface area (Å²) in [6, 6.07) is 30.3. The van der Waals surface area contributed by atoms with Crippen molar-refractivity contribution in [3.63, 3.8) is 0 Å². The summed E-state index contributed by atoms with van der Waals surface area (Å²) in [7, 11) is 5.44. The Hall–Kier alpha value is -1.55. The molecule has 0 aliphatic rings. The highest BCUT2D eigenvalue weighted by Crippen LogP contribution is 2.45. The quantitative estimate of drug-likeness (QED) is 0.351. The van der Waals surface area contributed by atoms with E-state index in [4.69, 9.17) is 0 Å². The average Bonchev–Trinajstić information content (AvgIpc) is 2.61. The van der Waals surface area contributed by atoms with Crippen molar-refractivity contribution < 1.29 is 0 Å². The van der Waals surface area contributed by atoms with Gasteiger partial charge in [0.1, 0.15) is 0 Å². The molecule has 112 valence electrons. The van der Waals surface area contributed by atoms with E-state index in [9.17, 15) is 0 Å². The maximum atomic E-state index is 2.26. The van der Waals surface area contributed by atoms with Crippen molar-refractivity contribution in [2.45, 2.75) is 9.79 Å². The fourth-order valence-electron chi connectivity index (χ4n) is 2.53. The van der Waals surface area contributed by atoms with Crippen LogP contribution in [0.3, 0.4) is 0 Å². The van der Waals surface area contributed by atoms with E-state index in [0.717, 1.165) is 0 Å². The van der Waals surface area contributed by atoms with Gasteiger partial charge in [0, 0.05) is 9.79 Å². The van der Waals surface area contributed by atoms with Crippen LogP contribution in [0.2, 0.25) is 0 Å². The lowest BCUT2D eigenvalue weighted by Gasteiger charge is -2.04. The van der Waals surface area contributed by atoms with Crippen LogP contribution in [0.15, 0.2) is 94.7 Å². The second-order valence-electron chi connectivity index (χ2n) is 5.25. The summed E-state index contributed by atoms with van der Waals surface area (Å²) in [5.74, 6) is 0. The molecule has 23 heavy (non-hydrogen) atoms. The van der Waals surface area contributed by atoms with Crippen LogP contribution in [0.25, 0.3) is 21.5 Å². The van der Waals surface area contributed by atoms with Gasteiger partial charge in [0.2, 0.25) is 0 Å². The van der Waals surface area contributed by atoms with Crippen LogP contribution in [0, 0.1) is 0 Å². The van der Waals surface area contributed by atoms with E-state index in [1.807, 2.05) is 31.4 Å². The highest BCUT2D eigenvalue weighted by molar-refractivity contribution is 9.09. The molecule has 0 N–H and O–H groups in total. The third-order valence-electron chi connectivity index (χ3n) is 3.70. The summed E-state index contributed by atoms with van der Waals surface area (Å²) in [5, 5.41) is 5.19. The average molecular weight is 351 g/mol. The van der Waals surface area contributed by atoms with Crippen LogP contribution in [-0.2, 0) is 0 Å². The zero-order valence-corrected chi connectivity index (χ0v) is 14.8. The molecule has 0 heterocycles. The Morgan fingerprint density at radius 2 is 0.870 bits per heavy atom. The first-order valence-corrected chi connectivity index (χ1v) is 10.9. The molecule has 0 saturated heterocycles. The lowest BCUT2D eigenvalue weighted by atomic mass is 10.1. The van der Waals surface area contributed by atoms with Crippen molar-refractivity contribution in [3.05, 3.63) is 84.9 Å². The Morgan fingerprint density at radius 3 is 1.35 bits per heavy atom. The SMILES string of the molecule is c1ccc2cc(SSSc3ccc4ccccc4c3)ccc2c1. The topological polar surface area (TPSA) is 0 Å². The molecule has 0 atom stereocenters. The summed E-state index contributed by atoms with van der Waals surface area (Å²) in [4.78, 5) is 2.59. The monoisotopic (exact) mass is 350 g/mol. The maximum absolute atomic E-state index is 2.26. The summed E-state index contributed by atoms with van der Waals surface area (Å²) in [5.41, 5.74) is 0. The summed E-state index contributed by atoms with van der Waals surface area (Å²) in [6.07, 6.45) is 0. The minimum Gasteiger partial charge on any atom is -0.0616 e. The molecule has 0 aliphatic carbocycles. The Labute approximate surface area is 147 Å². The summed E-state index contributed by atoms with van der Waals surface area (Å²) < 4.78 is 0. The van der Waals surface area contributed by atoms with Crippen molar-refractivity contribution >= 4 is 53.0 Å². The fourth-order valence-corrected chi connectivity index (χ4v) is 6.24. The number of hydrogen-bond acceptors (Lipinski definition) is 3. The number of rotatable bonds is 4. The molecular weight excluding hydrogens is 336 g/mol. The first-order valence-electron chi connectivity index (χ1n) is 7.37. The zero-order valence-electron chi connectivity index (χ0n) is 12.3. The third-order valence-corrected chi connectivity index (χ3v) is 7.52. The molecule has 0 aromatic heterocycles. The lowest BCUT2D eigenvalue weighted by molar-refractivity contribution is 1.52. The largest absolute Gasteiger partial charge is 0.0616 e. The van der Waals surface area contributed by atoms with Gasteiger partial charge >= 0.3 is 0 Å². The predicted molar refractivity (Wildman–Crippen MR) is 107 cm³/mol. The van der Waals surface area contributed by atoms with Crippen LogP contribution in [0.1, 0.15) is 0 Å². The Bertz CT molecular complexity index is 883. The molecule has 0 spiro atoms. The maximum Gasteiger partial charge on any atom is 0.0197 e. The highest BCUT2D eigenvalue weighted by atomic mass is 33.5. The van der Waals surface area contributed by atoms with Crippen molar-refractivity contribution in [2.24, 2.45) is 0 Å². The Balaban J connectivity index is 1.45. The molecular formula is C20H14S3. The van der Waals surface area contributed by atoms with Gasteiger partial charge in [-0.05, 0) is 77.2 Å². The molecule has 3 heteroatoms. The van der Waals surface area contributed by atoms with Crippen molar-refractivity contribution in [1.29, 1.82) is 0 Å². The van der Waals surface area contributed by atoms with Gasteiger partial charge in [-0.1, -0.05) is 60.7 Å². The first-order chi connectivity index (χ1) is 11.4. The number of benzene rings is 4. The van der Waals surface area contributed by atoms with Gasteiger partial charge in [-0.2, -0.15) is 0 Å². The molecule has 0 amide bonds. The molecule has 0 fully saturated rings. The smallest absolute Gasteiger partial charge is 0.0197 e. The molecule has 0 saturated carbocycles. The van der Waals surface area contributed by atoms with Crippen LogP contribution in [-0.4, -0.2) is 0 Å². The lowest BCUT2D eigenvalue weighted by Crippen LogP contribution is -1.73.